The van der Waals surface area contributed by atoms with E-state index in [-0.39, 0.29) is 5.54 Å². The summed E-state index contributed by atoms with van der Waals surface area (Å²) in [5.74, 6) is 0.866. The highest BCUT2D eigenvalue weighted by Gasteiger charge is 2.43. The molecule has 19 heavy (non-hydrogen) atoms. The molecule has 0 aromatic carbocycles. The Morgan fingerprint density at radius 2 is 1.79 bits per heavy atom. The first-order valence-corrected chi connectivity index (χ1v) is 8.05. The van der Waals surface area contributed by atoms with Crippen LogP contribution in [0.4, 0.5) is 0 Å². The first-order valence-electron chi connectivity index (χ1n) is 8.05. The SMILES string of the molecule is CC1CCCC(N(C)C2(CN)CC(C)OC(C)C2)C1. The fourth-order valence-corrected chi connectivity index (χ4v) is 4.39. The van der Waals surface area contributed by atoms with E-state index in [1.165, 1.54) is 25.7 Å². The van der Waals surface area contributed by atoms with Gasteiger partial charge in [-0.3, -0.25) is 4.90 Å². The van der Waals surface area contributed by atoms with Crippen LogP contribution in [-0.2, 0) is 4.74 Å². The van der Waals surface area contributed by atoms with E-state index in [0.29, 0.717) is 18.2 Å². The van der Waals surface area contributed by atoms with Gasteiger partial charge in [0, 0.05) is 18.1 Å². The molecule has 2 N–H and O–H groups in total. The number of hydrogen-bond acceptors (Lipinski definition) is 3. The van der Waals surface area contributed by atoms with Crippen molar-refractivity contribution in [2.45, 2.75) is 83.1 Å². The quantitative estimate of drug-likeness (QED) is 0.855. The molecule has 2 aliphatic rings. The second-order valence-corrected chi connectivity index (χ2v) is 7.13. The van der Waals surface area contributed by atoms with Crippen molar-refractivity contribution >= 4 is 0 Å². The number of rotatable bonds is 3. The fraction of sp³-hybridized carbons (Fsp3) is 1.00. The normalized spacial score (nSPS) is 44.5. The highest BCUT2D eigenvalue weighted by Crippen LogP contribution is 2.37. The number of nitrogens with two attached hydrogens (primary N) is 1. The van der Waals surface area contributed by atoms with Crippen LogP contribution in [0, 0.1) is 5.92 Å². The van der Waals surface area contributed by atoms with Crippen molar-refractivity contribution in [3.63, 3.8) is 0 Å². The Bertz CT molecular complexity index is 284. The molecule has 0 aromatic rings. The van der Waals surface area contributed by atoms with Crippen LogP contribution in [0.15, 0.2) is 0 Å². The molecule has 3 heteroatoms. The molecule has 0 aromatic heterocycles. The summed E-state index contributed by atoms with van der Waals surface area (Å²) in [6.45, 7) is 7.53. The number of hydrogen-bond donors (Lipinski definition) is 1. The van der Waals surface area contributed by atoms with Crippen LogP contribution in [0.3, 0.4) is 0 Å². The van der Waals surface area contributed by atoms with E-state index in [4.69, 9.17) is 10.5 Å². The summed E-state index contributed by atoms with van der Waals surface area (Å²) in [7, 11) is 2.31. The van der Waals surface area contributed by atoms with Crippen molar-refractivity contribution in [1.29, 1.82) is 0 Å². The third-order valence-electron chi connectivity index (χ3n) is 5.38. The second-order valence-electron chi connectivity index (χ2n) is 7.13. The lowest BCUT2D eigenvalue weighted by atomic mass is 9.78. The molecule has 112 valence electrons. The van der Waals surface area contributed by atoms with E-state index in [1.807, 2.05) is 0 Å². The second kappa shape index (κ2) is 6.11. The lowest BCUT2D eigenvalue weighted by molar-refractivity contribution is -0.110. The van der Waals surface area contributed by atoms with E-state index in [9.17, 15) is 0 Å². The molecule has 2 rings (SSSR count). The molecule has 1 saturated heterocycles. The van der Waals surface area contributed by atoms with Crippen molar-refractivity contribution in [2.75, 3.05) is 13.6 Å². The molecule has 1 saturated carbocycles. The van der Waals surface area contributed by atoms with Gasteiger partial charge in [-0.05, 0) is 52.5 Å². The molecule has 0 bridgehead atoms. The lowest BCUT2D eigenvalue weighted by Gasteiger charge is -2.52. The highest BCUT2D eigenvalue weighted by molar-refractivity contribution is 4.99. The van der Waals surface area contributed by atoms with Gasteiger partial charge < -0.3 is 10.5 Å². The molecular formula is C16H32N2O. The van der Waals surface area contributed by atoms with Crippen molar-refractivity contribution < 1.29 is 4.74 Å². The van der Waals surface area contributed by atoms with Crippen molar-refractivity contribution in [3.8, 4) is 0 Å². The van der Waals surface area contributed by atoms with Crippen molar-refractivity contribution in [1.82, 2.24) is 4.90 Å². The van der Waals surface area contributed by atoms with E-state index in [0.717, 1.165) is 25.3 Å². The van der Waals surface area contributed by atoms with Crippen LogP contribution in [0.1, 0.15) is 59.3 Å². The van der Waals surface area contributed by atoms with Gasteiger partial charge in [-0.15, -0.1) is 0 Å². The summed E-state index contributed by atoms with van der Waals surface area (Å²) < 4.78 is 5.92. The molecule has 1 aliphatic carbocycles. The third-order valence-corrected chi connectivity index (χ3v) is 5.38. The first-order chi connectivity index (χ1) is 8.97. The van der Waals surface area contributed by atoms with Crippen molar-refractivity contribution in [3.05, 3.63) is 0 Å². The zero-order valence-electron chi connectivity index (χ0n) is 13.2. The van der Waals surface area contributed by atoms with Gasteiger partial charge in [-0.1, -0.05) is 19.8 Å². The van der Waals surface area contributed by atoms with Gasteiger partial charge in [0.05, 0.1) is 12.2 Å². The Kier molecular flexibility index (Phi) is 4.91. The molecule has 2 fully saturated rings. The van der Waals surface area contributed by atoms with Gasteiger partial charge >= 0.3 is 0 Å². The number of nitrogens with zero attached hydrogens (tertiary/aromatic N) is 1. The predicted octanol–water partition coefficient (Wildman–Crippen LogP) is 2.78. The minimum atomic E-state index is 0.152. The molecule has 0 spiro atoms. The zero-order chi connectivity index (χ0) is 14.0. The Morgan fingerprint density at radius 1 is 1.16 bits per heavy atom. The Labute approximate surface area is 118 Å². The fourth-order valence-electron chi connectivity index (χ4n) is 4.39. The van der Waals surface area contributed by atoms with Gasteiger partial charge in [0.15, 0.2) is 0 Å². The summed E-state index contributed by atoms with van der Waals surface area (Å²) in [4.78, 5) is 2.62. The van der Waals surface area contributed by atoms with E-state index in [1.54, 1.807) is 0 Å². The molecule has 0 amide bonds. The van der Waals surface area contributed by atoms with Gasteiger partial charge in [-0.2, -0.15) is 0 Å². The number of likely N-dealkylation sites (N-methyl/N-ethyl adjacent to an activating group) is 1. The molecular weight excluding hydrogens is 236 g/mol. The minimum absolute atomic E-state index is 0.152. The van der Waals surface area contributed by atoms with Crippen LogP contribution in [0.25, 0.3) is 0 Å². The molecule has 4 unspecified atom stereocenters. The number of ether oxygens (including phenoxy) is 1. The molecule has 3 nitrogen and oxygen atoms in total. The summed E-state index contributed by atoms with van der Waals surface area (Å²) in [6, 6.07) is 0.713. The maximum atomic E-state index is 6.21. The van der Waals surface area contributed by atoms with E-state index in [2.05, 4.69) is 32.7 Å². The maximum Gasteiger partial charge on any atom is 0.0568 e. The summed E-state index contributed by atoms with van der Waals surface area (Å²) in [6.07, 6.45) is 8.26. The maximum absolute atomic E-state index is 6.21. The third kappa shape index (κ3) is 3.32. The average Bonchev–Trinajstić information content (AvgIpc) is 2.36. The van der Waals surface area contributed by atoms with Crippen LogP contribution in [0.5, 0.6) is 0 Å². The van der Waals surface area contributed by atoms with Gasteiger partial charge in [-0.25, -0.2) is 0 Å². The largest absolute Gasteiger partial charge is 0.375 e. The van der Waals surface area contributed by atoms with E-state index < -0.39 is 0 Å². The van der Waals surface area contributed by atoms with Crippen LogP contribution < -0.4 is 5.73 Å². The minimum Gasteiger partial charge on any atom is -0.375 e. The smallest absolute Gasteiger partial charge is 0.0568 e. The van der Waals surface area contributed by atoms with Crippen LogP contribution in [0.2, 0.25) is 0 Å². The van der Waals surface area contributed by atoms with Gasteiger partial charge in [0.1, 0.15) is 0 Å². The standard InChI is InChI=1S/C16H32N2O/c1-12-6-5-7-15(8-12)18(4)16(11-17)9-13(2)19-14(3)10-16/h12-15H,5-11,17H2,1-4H3. The summed E-state index contributed by atoms with van der Waals surface area (Å²) >= 11 is 0. The first kappa shape index (κ1) is 15.3. The monoisotopic (exact) mass is 268 g/mol. The van der Waals surface area contributed by atoms with Gasteiger partial charge in [0.25, 0.3) is 0 Å². The van der Waals surface area contributed by atoms with E-state index >= 15 is 0 Å². The zero-order valence-corrected chi connectivity index (χ0v) is 13.2. The molecule has 1 heterocycles. The lowest BCUT2D eigenvalue weighted by Crippen LogP contribution is -2.61. The summed E-state index contributed by atoms with van der Waals surface area (Å²) in [5.41, 5.74) is 6.36. The topological polar surface area (TPSA) is 38.5 Å². The predicted molar refractivity (Wildman–Crippen MR) is 80.2 cm³/mol. The Morgan fingerprint density at radius 3 is 2.32 bits per heavy atom. The van der Waals surface area contributed by atoms with Crippen LogP contribution in [-0.4, -0.2) is 42.3 Å². The molecule has 4 atom stereocenters. The van der Waals surface area contributed by atoms with Crippen LogP contribution >= 0.6 is 0 Å². The Balaban J connectivity index is 2.10. The highest BCUT2D eigenvalue weighted by atomic mass is 16.5. The average molecular weight is 268 g/mol. The Hall–Kier alpha value is -0.120. The summed E-state index contributed by atoms with van der Waals surface area (Å²) in [5, 5.41) is 0. The van der Waals surface area contributed by atoms with Crippen molar-refractivity contribution in [2.24, 2.45) is 11.7 Å². The molecule has 1 aliphatic heterocycles. The molecule has 0 radical (unpaired) electrons. The van der Waals surface area contributed by atoms with Gasteiger partial charge in [0.2, 0.25) is 0 Å².